The zero-order valence-corrected chi connectivity index (χ0v) is 17.8. The third-order valence-electron chi connectivity index (χ3n) is 5.32. The van der Waals surface area contributed by atoms with E-state index in [-0.39, 0.29) is 0 Å². The van der Waals surface area contributed by atoms with Crippen LogP contribution in [0.1, 0.15) is 48.9 Å². The van der Waals surface area contributed by atoms with Crippen LogP contribution in [0.3, 0.4) is 0 Å². The maximum Gasteiger partial charge on any atom is 0.231 e. The quantitative estimate of drug-likeness (QED) is 0.493. The fourth-order valence-electron chi connectivity index (χ4n) is 3.81. The van der Waals surface area contributed by atoms with Crippen molar-refractivity contribution in [3.05, 3.63) is 46.5 Å². The van der Waals surface area contributed by atoms with Crippen molar-refractivity contribution in [2.45, 2.75) is 52.7 Å². The predicted octanol–water partition coefficient (Wildman–Crippen LogP) is 4.78. The number of benzene rings is 2. The molecule has 0 saturated carbocycles. The molecule has 0 amide bonds. The second-order valence-electron chi connectivity index (χ2n) is 7.55. The van der Waals surface area contributed by atoms with Crippen LogP contribution < -0.4 is 18.9 Å². The zero-order chi connectivity index (χ0) is 20.8. The molecule has 0 saturated heterocycles. The summed E-state index contributed by atoms with van der Waals surface area (Å²) in [6.45, 7) is 7.08. The Morgan fingerprint density at radius 1 is 0.600 bits per heavy atom. The van der Waals surface area contributed by atoms with Crippen molar-refractivity contribution in [1.82, 2.24) is 0 Å². The van der Waals surface area contributed by atoms with Gasteiger partial charge in [-0.25, -0.2) is 0 Å². The highest BCUT2D eigenvalue weighted by Gasteiger charge is 2.18. The van der Waals surface area contributed by atoms with Gasteiger partial charge in [-0.15, -0.1) is 0 Å². The van der Waals surface area contributed by atoms with Gasteiger partial charge in [0.1, 0.15) is 0 Å². The third kappa shape index (κ3) is 4.82. The minimum atomic E-state index is 0.291. The molecule has 6 heteroatoms. The van der Waals surface area contributed by atoms with Gasteiger partial charge in [0.05, 0.1) is 26.4 Å². The van der Waals surface area contributed by atoms with E-state index < -0.39 is 0 Å². The monoisotopic (exact) mass is 414 g/mol. The van der Waals surface area contributed by atoms with Crippen LogP contribution in [0.2, 0.25) is 0 Å². The van der Waals surface area contributed by atoms with Crippen LogP contribution in [-0.2, 0) is 35.5 Å². The van der Waals surface area contributed by atoms with E-state index >= 15 is 0 Å². The van der Waals surface area contributed by atoms with Gasteiger partial charge in [-0.1, -0.05) is 26.7 Å². The zero-order valence-electron chi connectivity index (χ0n) is 17.8. The average Bonchev–Trinajstić information content (AvgIpc) is 3.39. The summed E-state index contributed by atoms with van der Waals surface area (Å²) < 4.78 is 33.8. The summed E-state index contributed by atoms with van der Waals surface area (Å²) in [5.74, 6) is 3.27. The molecule has 0 unspecified atom stereocenters. The van der Waals surface area contributed by atoms with Gasteiger partial charge in [0.15, 0.2) is 23.0 Å². The van der Waals surface area contributed by atoms with Crippen LogP contribution in [-0.4, -0.2) is 26.8 Å². The first-order valence-electron chi connectivity index (χ1n) is 10.8. The second kappa shape index (κ2) is 10.0. The lowest BCUT2D eigenvalue weighted by molar-refractivity contribution is 0.0334. The summed E-state index contributed by atoms with van der Waals surface area (Å²) in [7, 11) is 0. The fourth-order valence-corrected chi connectivity index (χ4v) is 3.81. The summed E-state index contributed by atoms with van der Waals surface area (Å²) in [5, 5.41) is 0. The molecule has 4 rings (SSSR count). The first-order valence-corrected chi connectivity index (χ1v) is 10.8. The van der Waals surface area contributed by atoms with E-state index in [9.17, 15) is 0 Å². The topological polar surface area (TPSA) is 55.4 Å². The highest BCUT2D eigenvalue weighted by Crippen LogP contribution is 2.36. The Bertz CT molecular complexity index is 792. The summed E-state index contributed by atoms with van der Waals surface area (Å²) in [6, 6.07) is 8.24. The van der Waals surface area contributed by atoms with Crippen molar-refractivity contribution in [3.8, 4) is 23.0 Å². The number of fused-ring (bicyclic) bond motifs is 2. The van der Waals surface area contributed by atoms with Gasteiger partial charge in [0, 0.05) is 0 Å². The predicted molar refractivity (Wildman–Crippen MR) is 112 cm³/mol. The van der Waals surface area contributed by atoms with Gasteiger partial charge in [-0.2, -0.15) is 0 Å². The van der Waals surface area contributed by atoms with Gasteiger partial charge in [0.2, 0.25) is 13.6 Å². The molecule has 2 aromatic carbocycles. The van der Waals surface area contributed by atoms with Crippen molar-refractivity contribution >= 4 is 0 Å². The Morgan fingerprint density at radius 2 is 0.967 bits per heavy atom. The molecule has 2 heterocycles. The first-order chi connectivity index (χ1) is 14.8. The Labute approximate surface area is 178 Å². The molecule has 0 N–H and O–H groups in total. The van der Waals surface area contributed by atoms with Crippen LogP contribution in [0.15, 0.2) is 24.3 Å². The standard InChI is InChI=1S/C24H30O6/c1-3-5-17-9-21-23(29-15-27-21)11-19(17)13-25-7-8-26-14-20-12-24-22(28-16-30-24)10-18(20)6-4-2/h9-12H,3-8,13-16H2,1-2H3. The average molecular weight is 414 g/mol. The number of rotatable bonds is 11. The third-order valence-corrected chi connectivity index (χ3v) is 5.32. The molecule has 0 atom stereocenters. The van der Waals surface area contributed by atoms with Gasteiger partial charge in [0.25, 0.3) is 0 Å². The second-order valence-corrected chi connectivity index (χ2v) is 7.55. The van der Waals surface area contributed by atoms with E-state index in [0.717, 1.165) is 59.8 Å². The molecular formula is C24H30O6. The molecule has 162 valence electrons. The minimum absolute atomic E-state index is 0.291. The maximum absolute atomic E-state index is 5.89. The van der Waals surface area contributed by atoms with E-state index in [0.29, 0.717) is 40.0 Å². The highest BCUT2D eigenvalue weighted by molar-refractivity contribution is 5.49. The molecule has 0 aliphatic carbocycles. The van der Waals surface area contributed by atoms with Crippen molar-refractivity contribution in [2.75, 3.05) is 26.8 Å². The van der Waals surface area contributed by atoms with Crippen LogP contribution >= 0.6 is 0 Å². The molecule has 0 fully saturated rings. The number of hydrogen-bond donors (Lipinski definition) is 0. The van der Waals surface area contributed by atoms with Gasteiger partial charge in [-0.05, 0) is 59.4 Å². The lowest BCUT2D eigenvalue weighted by Gasteiger charge is -2.13. The molecule has 0 radical (unpaired) electrons. The van der Waals surface area contributed by atoms with E-state index in [4.69, 9.17) is 28.4 Å². The molecule has 0 bridgehead atoms. The molecule has 0 aromatic heterocycles. The Balaban J connectivity index is 1.26. The smallest absolute Gasteiger partial charge is 0.231 e. The maximum atomic E-state index is 5.89. The Kier molecular flexibility index (Phi) is 6.97. The van der Waals surface area contributed by atoms with E-state index in [2.05, 4.69) is 26.0 Å². The molecule has 2 aromatic rings. The van der Waals surface area contributed by atoms with Crippen LogP contribution in [0.5, 0.6) is 23.0 Å². The number of aryl methyl sites for hydroxylation is 2. The van der Waals surface area contributed by atoms with Crippen LogP contribution in [0.4, 0.5) is 0 Å². The normalized spacial score (nSPS) is 13.8. The first kappa shape index (κ1) is 20.8. The molecule has 2 aliphatic rings. The summed E-state index contributed by atoms with van der Waals surface area (Å²) in [4.78, 5) is 0. The van der Waals surface area contributed by atoms with Crippen LogP contribution in [0.25, 0.3) is 0 Å². The molecule has 2 aliphatic heterocycles. The highest BCUT2D eigenvalue weighted by atomic mass is 16.7. The van der Waals surface area contributed by atoms with Crippen molar-refractivity contribution in [1.29, 1.82) is 0 Å². The lowest BCUT2D eigenvalue weighted by Crippen LogP contribution is -2.07. The van der Waals surface area contributed by atoms with Crippen LogP contribution in [0, 0.1) is 0 Å². The van der Waals surface area contributed by atoms with Gasteiger partial charge >= 0.3 is 0 Å². The Morgan fingerprint density at radius 3 is 1.33 bits per heavy atom. The summed E-state index contributed by atoms with van der Waals surface area (Å²) in [5.41, 5.74) is 4.82. The lowest BCUT2D eigenvalue weighted by atomic mass is 10.0. The number of hydrogen-bond acceptors (Lipinski definition) is 6. The largest absolute Gasteiger partial charge is 0.454 e. The minimum Gasteiger partial charge on any atom is -0.454 e. The van der Waals surface area contributed by atoms with E-state index in [1.807, 2.05) is 12.1 Å². The summed E-state index contributed by atoms with van der Waals surface area (Å²) in [6.07, 6.45) is 4.14. The van der Waals surface area contributed by atoms with Gasteiger partial charge < -0.3 is 28.4 Å². The Hall–Kier alpha value is -2.44. The molecule has 6 nitrogen and oxygen atoms in total. The van der Waals surface area contributed by atoms with Crippen molar-refractivity contribution in [3.63, 3.8) is 0 Å². The molecule has 30 heavy (non-hydrogen) atoms. The van der Waals surface area contributed by atoms with E-state index in [1.165, 1.54) is 11.1 Å². The van der Waals surface area contributed by atoms with Crippen molar-refractivity contribution < 1.29 is 28.4 Å². The van der Waals surface area contributed by atoms with E-state index in [1.54, 1.807) is 0 Å². The molecular weight excluding hydrogens is 384 g/mol. The SMILES string of the molecule is CCCc1cc2c(cc1COCCOCc1cc3c(cc1CCC)OCO3)OCO2. The van der Waals surface area contributed by atoms with Crippen molar-refractivity contribution in [2.24, 2.45) is 0 Å². The summed E-state index contributed by atoms with van der Waals surface area (Å²) >= 11 is 0. The number of ether oxygens (including phenoxy) is 6. The molecule has 0 spiro atoms. The van der Waals surface area contributed by atoms with Gasteiger partial charge in [-0.3, -0.25) is 0 Å². The fraction of sp³-hybridized carbons (Fsp3) is 0.500.